The molecular weight excluding hydrogens is 430 g/mol. The van der Waals surface area contributed by atoms with Crippen molar-refractivity contribution in [2.75, 3.05) is 13.7 Å². The van der Waals surface area contributed by atoms with Gasteiger partial charge in [0.2, 0.25) is 5.91 Å². The number of halogens is 1. The molecule has 0 radical (unpaired) electrons. The van der Waals surface area contributed by atoms with Gasteiger partial charge in [0.05, 0.1) is 19.7 Å². The van der Waals surface area contributed by atoms with E-state index in [4.69, 9.17) is 9.84 Å². The first-order valence-electron chi connectivity index (χ1n) is 7.18. The van der Waals surface area contributed by atoms with Crippen LogP contribution in [0.25, 0.3) is 0 Å². The molecule has 1 fully saturated rings. The molecule has 1 heterocycles. The Morgan fingerprint density at radius 3 is 2.92 bits per heavy atom. The van der Waals surface area contributed by atoms with Crippen LogP contribution in [0.1, 0.15) is 12.0 Å². The fraction of sp³-hybridized carbons (Fsp3) is 0.267. The quantitative estimate of drug-likeness (QED) is 0.370. The zero-order valence-corrected chi connectivity index (χ0v) is 15.9. The van der Waals surface area contributed by atoms with Gasteiger partial charge in [-0.2, -0.15) is 5.10 Å². The highest BCUT2D eigenvalue weighted by molar-refractivity contribution is 9.10. The van der Waals surface area contributed by atoms with E-state index in [1.807, 2.05) is 0 Å². The van der Waals surface area contributed by atoms with Crippen molar-refractivity contribution in [2.24, 2.45) is 10.2 Å². The lowest BCUT2D eigenvalue weighted by Crippen LogP contribution is -2.26. The molecule has 0 aromatic heterocycles. The van der Waals surface area contributed by atoms with Gasteiger partial charge in [-0.25, -0.2) is 4.79 Å². The third-order valence-electron chi connectivity index (χ3n) is 3.03. The molecule has 11 heteroatoms. The van der Waals surface area contributed by atoms with Crippen LogP contribution in [0.4, 0.5) is 0 Å². The highest BCUT2D eigenvalue weighted by Gasteiger charge is 2.32. The summed E-state index contributed by atoms with van der Waals surface area (Å²) in [5, 5.41) is 18.5. The van der Waals surface area contributed by atoms with E-state index in [2.05, 4.69) is 36.2 Å². The maximum atomic E-state index is 11.6. The number of hydrogen-bond donors (Lipinski definition) is 2. The van der Waals surface area contributed by atoms with Gasteiger partial charge in [-0.3, -0.25) is 9.59 Å². The standard InChI is InChI=1S/C15H14BrN3O6S/c1-24-13(22)7-25-10-3-2-9(16)4-8(10)6-17-19-15-18-14(23)11(26-15)5-12(20)21/h2-4,6,11H,5,7H2,1H3,(H,20,21)(H,18,19,23). The summed E-state index contributed by atoms with van der Waals surface area (Å²) in [5.41, 5.74) is 0.545. The van der Waals surface area contributed by atoms with Crippen molar-refractivity contribution in [3.8, 4) is 5.75 Å². The van der Waals surface area contributed by atoms with Crippen molar-refractivity contribution in [3.05, 3.63) is 28.2 Å². The summed E-state index contributed by atoms with van der Waals surface area (Å²) in [4.78, 5) is 33.5. The third kappa shape index (κ3) is 5.85. The molecule has 1 unspecified atom stereocenters. The van der Waals surface area contributed by atoms with Gasteiger partial charge in [-0.1, -0.05) is 27.7 Å². The lowest BCUT2D eigenvalue weighted by Gasteiger charge is -2.07. The molecule has 1 aromatic carbocycles. The molecule has 1 aliphatic heterocycles. The minimum Gasteiger partial charge on any atom is -0.481 e. The smallest absolute Gasteiger partial charge is 0.343 e. The number of carbonyl (C=O) groups is 3. The van der Waals surface area contributed by atoms with Crippen molar-refractivity contribution < 1.29 is 29.0 Å². The summed E-state index contributed by atoms with van der Waals surface area (Å²) in [7, 11) is 1.26. The van der Waals surface area contributed by atoms with Crippen LogP contribution in [0.5, 0.6) is 5.75 Å². The second-order valence-electron chi connectivity index (χ2n) is 4.89. The second-order valence-corrected chi connectivity index (χ2v) is 7.00. The molecule has 1 aromatic rings. The van der Waals surface area contributed by atoms with Crippen molar-refractivity contribution in [1.82, 2.24) is 5.32 Å². The van der Waals surface area contributed by atoms with E-state index in [1.54, 1.807) is 18.2 Å². The van der Waals surface area contributed by atoms with Crippen LogP contribution in [0.2, 0.25) is 0 Å². The van der Waals surface area contributed by atoms with Crippen LogP contribution in [0, 0.1) is 0 Å². The number of amides is 1. The van der Waals surface area contributed by atoms with Gasteiger partial charge in [0, 0.05) is 10.0 Å². The zero-order chi connectivity index (χ0) is 19.1. The topological polar surface area (TPSA) is 127 Å². The van der Waals surface area contributed by atoms with Crippen molar-refractivity contribution in [1.29, 1.82) is 0 Å². The van der Waals surface area contributed by atoms with E-state index >= 15 is 0 Å². The number of nitrogens with zero attached hydrogens (tertiary/aromatic N) is 2. The number of aliphatic carboxylic acids is 1. The number of hydrogen-bond acceptors (Lipinski definition) is 8. The van der Waals surface area contributed by atoms with Crippen LogP contribution < -0.4 is 10.1 Å². The van der Waals surface area contributed by atoms with Crippen LogP contribution in [0.15, 0.2) is 32.9 Å². The number of nitrogens with one attached hydrogen (secondary N) is 1. The zero-order valence-electron chi connectivity index (χ0n) is 13.5. The number of amidine groups is 1. The summed E-state index contributed by atoms with van der Waals surface area (Å²) in [6.07, 6.45) is 1.10. The van der Waals surface area contributed by atoms with E-state index in [1.165, 1.54) is 13.3 Å². The predicted molar refractivity (Wildman–Crippen MR) is 98.5 cm³/mol. The fourth-order valence-electron chi connectivity index (χ4n) is 1.84. The lowest BCUT2D eigenvalue weighted by molar-refractivity contribution is -0.143. The Hall–Kier alpha value is -2.40. The third-order valence-corrected chi connectivity index (χ3v) is 4.59. The molecule has 2 N–H and O–H groups in total. The summed E-state index contributed by atoms with van der Waals surface area (Å²) in [6, 6.07) is 5.10. The van der Waals surface area contributed by atoms with Gasteiger partial charge >= 0.3 is 11.9 Å². The molecule has 0 spiro atoms. The molecule has 9 nitrogen and oxygen atoms in total. The summed E-state index contributed by atoms with van der Waals surface area (Å²) >= 11 is 4.33. The number of ether oxygens (including phenoxy) is 2. The molecule has 0 aliphatic carbocycles. The van der Waals surface area contributed by atoms with E-state index < -0.39 is 23.1 Å². The Kier molecular flexibility index (Phi) is 7.16. The molecule has 0 saturated carbocycles. The number of carboxylic acid groups (broad SMARTS) is 1. The second kappa shape index (κ2) is 9.34. The van der Waals surface area contributed by atoms with Gasteiger partial charge in [0.15, 0.2) is 11.8 Å². The first kappa shape index (κ1) is 19.9. The van der Waals surface area contributed by atoms with Gasteiger partial charge in [0.1, 0.15) is 11.0 Å². The minimum absolute atomic E-state index is 0.213. The summed E-state index contributed by atoms with van der Waals surface area (Å²) < 4.78 is 10.7. The van der Waals surface area contributed by atoms with E-state index in [9.17, 15) is 14.4 Å². The largest absolute Gasteiger partial charge is 0.481 e. The Labute approximate surface area is 161 Å². The number of carboxylic acids is 1. The number of benzene rings is 1. The highest BCUT2D eigenvalue weighted by atomic mass is 79.9. The Morgan fingerprint density at radius 2 is 2.23 bits per heavy atom. The minimum atomic E-state index is -1.07. The molecule has 26 heavy (non-hydrogen) atoms. The number of carbonyl (C=O) groups excluding carboxylic acids is 2. The molecule has 1 aliphatic rings. The molecule has 1 saturated heterocycles. The average molecular weight is 444 g/mol. The van der Waals surface area contributed by atoms with Gasteiger partial charge in [0.25, 0.3) is 0 Å². The molecule has 1 amide bonds. The van der Waals surface area contributed by atoms with Crippen LogP contribution in [0.3, 0.4) is 0 Å². The predicted octanol–water partition coefficient (Wildman–Crippen LogP) is 1.40. The number of thioether (sulfide) groups is 1. The lowest BCUT2D eigenvalue weighted by atomic mass is 10.2. The number of esters is 1. The fourth-order valence-corrected chi connectivity index (χ4v) is 3.13. The van der Waals surface area contributed by atoms with Crippen molar-refractivity contribution in [2.45, 2.75) is 11.7 Å². The van der Waals surface area contributed by atoms with Gasteiger partial charge < -0.3 is 19.9 Å². The monoisotopic (exact) mass is 443 g/mol. The first-order chi connectivity index (χ1) is 12.4. The summed E-state index contributed by atoms with van der Waals surface area (Å²) in [6.45, 7) is -0.254. The van der Waals surface area contributed by atoms with Crippen molar-refractivity contribution in [3.63, 3.8) is 0 Å². The molecule has 0 bridgehead atoms. The molecule has 1 atom stereocenters. The Balaban J connectivity index is 2.07. The van der Waals surface area contributed by atoms with Gasteiger partial charge in [-0.05, 0) is 18.2 Å². The first-order valence-corrected chi connectivity index (χ1v) is 8.86. The highest BCUT2D eigenvalue weighted by Crippen LogP contribution is 2.23. The maximum Gasteiger partial charge on any atom is 0.343 e. The normalized spacial score (nSPS) is 18.2. The van der Waals surface area contributed by atoms with E-state index in [0.29, 0.717) is 11.3 Å². The van der Waals surface area contributed by atoms with E-state index in [0.717, 1.165) is 16.2 Å². The van der Waals surface area contributed by atoms with Gasteiger partial charge in [-0.15, -0.1) is 5.10 Å². The Morgan fingerprint density at radius 1 is 1.46 bits per heavy atom. The average Bonchev–Trinajstić information content (AvgIpc) is 2.92. The molecule has 2 rings (SSSR count). The Bertz CT molecular complexity index is 783. The SMILES string of the molecule is COC(=O)COc1ccc(Br)cc1C=NN=C1NC(=O)C(CC(=O)O)S1. The van der Waals surface area contributed by atoms with E-state index in [-0.39, 0.29) is 18.2 Å². The molecule has 138 valence electrons. The number of methoxy groups -OCH3 is 1. The summed E-state index contributed by atoms with van der Waals surface area (Å²) in [5.74, 6) is -1.61. The van der Waals surface area contributed by atoms with Crippen LogP contribution in [-0.4, -0.2) is 53.3 Å². The van der Waals surface area contributed by atoms with Crippen LogP contribution in [-0.2, 0) is 19.1 Å². The molecular formula is C15H14BrN3O6S. The maximum absolute atomic E-state index is 11.6. The van der Waals surface area contributed by atoms with Crippen molar-refractivity contribution >= 4 is 56.9 Å². The number of rotatable bonds is 7. The van der Waals surface area contributed by atoms with Crippen LogP contribution >= 0.6 is 27.7 Å².